The average Bonchev–Trinajstić information content (AvgIpc) is 2.26. The van der Waals surface area contributed by atoms with Gasteiger partial charge in [-0.05, 0) is 41.9 Å². The predicted molar refractivity (Wildman–Crippen MR) is 69.3 cm³/mol. The van der Waals surface area contributed by atoms with Crippen molar-refractivity contribution in [3.8, 4) is 0 Å². The SMILES string of the molecule is CC1CNCC(C)N1Cc1ccc(Br)cn1. The quantitative estimate of drug-likeness (QED) is 0.900. The number of hydrogen-bond donors (Lipinski definition) is 1. The zero-order valence-electron chi connectivity index (χ0n) is 9.78. The smallest absolute Gasteiger partial charge is 0.0545 e. The van der Waals surface area contributed by atoms with Crippen molar-refractivity contribution in [3.63, 3.8) is 0 Å². The summed E-state index contributed by atoms with van der Waals surface area (Å²) >= 11 is 3.41. The molecule has 0 radical (unpaired) electrons. The van der Waals surface area contributed by atoms with Crippen molar-refractivity contribution in [1.82, 2.24) is 15.2 Å². The fourth-order valence-corrected chi connectivity index (χ4v) is 2.40. The van der Waals surface area contributed by atoms with E-state index in [-0.39, 0.29) is 0 Å². The van der Waals surface area contributed by atoms with Crippen LogP contribution in [0.25, 0.3) is 0 Å². The van der Waals surface area contributed by atoms with E-state index in [1.807, 2.05) is 6.20 Å². The van der Waals surface area contributed by atoms with E-state index in [0.29, 0.717) is 12.1 Å². The number of nitrogens with one attached hydrogen (secondary N) is 1. The van der Waals surface area contributed by atoms with Gasteiger partial charge in [-0.2, -0.15) is 0 Å². The lowest BCUT2D eigenvalue weighted by atomic mass is 10.1. The van der Waals surface area contributed by atoms with Crippen molar-refractivity contribution >= 4 is 15.9 Å². The Morgan fingerprint density at radius 1 is 1.38 bits per heavy atom. The average molecular weight is 284 g/mol. The summed E-state index contributed by atoms with van der Waals surface area (Å²) in [5.74, 6) is 0. The van der Waals surface area contributed by atoms with Gasteiger partial charge in [0.2, 0.25) is 0 Å². The van der Waals surface area contributed by atoms with E-state index < -0.39 is 0 Å². The predicted octanol–water partition coefficient (Wildman–Crippen LogP) is 2.03. The second-order valence-corrected chi connectivity index (χ2v) is 5.41. The summed E-state index contributed by atoms with van der Waals surface area (Å²) in [5, 5.41) is 3.44. The minimum atomic E-state index is 0.578. The Morgan fingerprint density at radius 2 is 2.06 bits per heavy atom. The van der Waals surface area contributed by atoms with E-state index in [1.165, 1.54) is 0 Å². The molecule has 0 amide bonds. The lowest BCUT2D eigenvalue weighted by molar-refractivity contribution is 0.107. The molecule has 1 fully saturated rings. The number of rotatable bonds is 2. The molecule has 0 aromatic carbocycles. The van der Waals surface area contributed by atoms with Crippen molar-refractivity contribution in [2.45, 2.75) is 32.5 Å². The van der Waals surface area contributed by atoms with Crippen LogP contribution in [0.4, 0.5) is 0 Å². The molecule has 2 atom stereocenters. The first-order valence-corrected chi connectivity index (χ1v) is 6.53. The lowest BCUT2D eigenvalue weighted by Gasteiger charge is -2.39. The Morgan fingerprint density at radius 3 is 2.62 bits per heavy atom. The molecule has 88 valence electrons. The van der Waals surface area contributed by atoms with Gasteiger partial charge in [-0.1, -0.05) is 0 Å². The van der Waals surface area contributed by atoms with E-state index in [9.17, 15) is 0 Å². The van der Waals surface area contributed by atoms with Gasteiger partial charge in [0.1, 0.15) is 0 Å². The minimum Gasteiger partial charge on any atom is -0.314 e. The normalized spacial score (nSPS) is 26.9. The first-order valence-electron chi connectivity index (χ1n) is 5.73. The molecule has 1 aliphatic rings. The number of pyridine rings is 1. The second-order valence-electron chi connectivity index (χ2n) is 4.50. The molecule has 1 saturated heterocycles. The third kappa shape index (κ3) is 2.81. The summed E-state index contributed by atoms with van der Waals surface area (Å²) in [4.78, 5) is 6.94. The van der Waals surface area contributed by atoms with Gasteiger partial charge in [0.15, 0.2) is 0 Å². The molecule has 0 bridgehead atoms. The largest absolute Gasteiger partial charge is 0.314 e. The van der Waals surface area contributed by atoms with Crippen LogP contribution in [0.5, 0.6) is 0 Å². The highest BCUT2D eigenvalue weighted by molar-refractivity contribution is 9.10. The van der Waals surface area contributed by atoms with Crippen LogP contribution in [0.3, 0.4) is 0 Å². The number of hydrogen-bond acceptors (Lipinski definition) is 3. The monoisotopic (exact) mass is 283 g/mol. The van der Waals surface area contributed by atoms with Crippen molar-refractivity contribution in [2.75, 3.05) is 13.1 Å². The van der Waals surface area contributed by atoms with Crippen LogP contribution < -0.4 is 5.32 Å². The maximum absolute atomic E-state index is 4.43. The summed E-state index contributed by atoms with van der Waals surface area (Å²) in [6.07, 6.45) is 1.87. The van der Waals surface area contributed by atoms with E-state index >= 15 is 0 Å². The standard InChI is InChI=1S/C12H18BrN3/c1-9-5-14-6-10(2)16(9)8-12-4-3-11(13)7-15-12/h3-4,7,9-10,14H,5-6,8H2,1-2H3. The van der Waals surface area contributed by atoms with Gasteiger partial charge < -0.3 is 5.32 Å². The Labute approximate surface area is 105 Å². The number of halogens is 1. The van der Waals surface area contributed by atoms with Gasteiger partial charge in [0.25, 0.3) is 0 Å². The molecule has 1 N–H and O–H groups in total. The first-order chi connectivity index (χ1) is 7.66. The van der Waals surface area contributed by atoms with Crippen molar-refractivity contribution in [3.05, 3.63) is 28.5 Å². The second kappa shape index (κ2) is 5.25. The molecule has 16 heavy (non-hydrogen) atoms. The zero-order chi connectivity index (χ0) is 11.5. The van der Waals surface area contributed by atoms with Crippen LogP contribution in [0.2, 0.25) is 0 Å². The fourth-order valence-electron chi connectivity index (χ4n) is 2.17. The van der Waals surface area contributed by atoms with Gasteiger partial charge >= 0.3 is 0 Å². The summed E-state index contributed by atoms with van der Waals surface area (Å²) in [7, 11) is 0. The van der Waals surface area contributed by atoms with Gasteiger partial charge in [0, 0.05) is 42.4 Å². The fraction of sp³-hybridized carbons (Fsp3) is 0.583. The molecule has 2 unspecified atom stereocenters. The van der Waals surface area contributed by atoms with Crippen LogP contribution in [0.15, 0.2) is 22.8 Å². The van der Waals surface area contributed by atoms with Crippen LogP contribution in [0.1, 0.15) is 19.5 Å². The van der Waals surface area contributed by atoms with E-state index in [2.05, 4.69) is 57.1 Å². The van der Waals surface area contributed by atoms with Crippen molar-refractivity contribution < 1.29 is 0 Å². The third-order valence-corrected chi connectivity index (χ3v) is 3.61. The molecule has 2 heterocycles. The van der Waals surface area contributed by atoms with Crippen molar-refractivity contribution in [2.24, 2.45) is 0 Å². The third-order valence-electron chi connectivity index (χ3n) is 3.15. The van der Waals surface area contributed by atoms with Crippen LogP contribution in [-0.4, -0.2) is 35.1 Å². The van der Waals surface area contributed by atoms with Gasteiger partial charge in [-0.3, -0.25) is 9.88 Å². The summed E-state index contributed by atoms with van der Waals surface area (Å²) in [6.45, 7) is 7.61. The molecule has 1 aromatic rings. The Hall–Kier alpha value is -0.450. The lowest BCUT2D eigenvalue weighted by Crippen LogP contribution is -2.54. The van der Waals surface area contributed by atoms with Gasteiger partial charge in [-0.25, -0.2) is 0 Å². The Balaban J connectivity index is 2.04. The number of aromatic nitrogens is 1. The highest BCUT2D eigenvalue weighted by atomic mass is 79.9. The van der Waals surface area contributed by atoms with Crippen LogP contribution in [-0.2, 0) is 6.54 Å². The molecule has 1 aliphatic heterocycles. The zero-order valence-corrected chi connectivity index (χ0v) is 11.4. The first kappa shape index (κ1) is 12.0. The van der Waals surface area contributed by atoms with E-state index in [1.54, 1.807) is 0 Å². The molecular weight excluding hydrogens is 266 g/mol. The minimum absolute atomic E-state index is 0.578. The Bertz CT molecular complexity index is 329. The highest BCUT2D eigenvalue weighted by Gasteiger charge is 2.24. The van der Waals surface area contributed by atoms with Gasteiger partial charge in [-0.15, -0.1) is 0 Å². The molecule has 1 aromatic heterocycles. The number of piperazine rings is 1. The molecular formula is C12H18BrN3. The van der Waals surface area contributed by atoms with Crippen LogP contribution in [0, 0.1) is 0 Å². The number of nitrogens with zero attached hydrogens (tertiary/aromatic N) is 2. The summed E-state index contributed by atoms with van der Waals surface area (Å²) in [5.41, 5.74) is 1.14. The molecule has 0 aliphatic carbocycles. The topological polar surface area (TPSA) is 28.2 Å². The maximum Gasteiger partial charge on any atom is 0.0545 e. The van der Waals surface area contributed by atoms with Crippen molar-refractivity contribution in [1.29, 1.82) is 0 Å². The maximum atomic E-state index is 4.43. The highest BCUT2D eigenvalue weighted by Crippen LogP contribution is 2.15. The molecule has 2 rings (SSSR count). The van der Waals surface area contributed by atoms with E-state index in [4.69, 9.17) is 0 Å². The molecule has 3 nitrogen and oxygen atoms in total. The van der Waals surface area contributed by atoms with E-state index in [0.717, 1.165) is 29.8 Å². The molecule has 0 saturated carbocycles. The van der Waals surface area contributed by atoms with Gasteiger partial charge in [0.05, 0.1) is 5.69 Å². The molecule has 0 spiro atoms. The summed E-state index contributed by atoms with van der Waals surface area (Å²) < 4.78 is 1.04. The Kier molecular flexibility index (Phi) is 3.95. The summed E-state index contributed by atoms with van der Waals surface area (Å²) in [6, 6.07) is 5.30. The molecule has 4 heteroatoms. The van der Waals surface area contributed by atoms with Crippen LogP contribution >= 0.6 is 15.9 Å².